The molecule has 1 atom stereocenters. The number of fused-ring (bicyclic) bond motifs is 2. The standard InChI is InChI=1S/C18H15ClN2O/c19-9-10-21-17(13-6-1-2-7-14(13)18(21)22)15-11-20-16-8-4-3-5-12(15)16/h1-8,11,17,20H,9-10H2. The van der Waals surface area contributed by atoms with Crippen LogP contribution in [0.3, 0.4) is 0 Å². The van der Waals surface area contributed by atoms with Gasteiger partial charge in [-0.1, -0.05) is 36.4 Å². The number of nitrogens with zero attached hydrogens (tertiary/aromatic N) is 1. The molecule has 1 unspecified atom stereocenters. The summed E-state index contributed by atoms with van der Waals surface area (Å²) in [7, 11) is 0. The first-order chi connectivity index (χ1) is 10.8. The first kappa shape index (κ1) is 13.4. The highest BCUT2D eigenvalue weighted by Gasteiger charge is 2.37. The number of amides is 1. The molecule has 0 bridgehead atoms. The molecule has 2 heterocycles. The van der Waals surface area contributed by atoms with E-state index in [1.165, 1.54) is 0 Å². The van der Waals surface area contributed by atoms with E-state index in [0.717, 1.165) is 27.6 Å². The Morgan fingerprint density at radius 1 is 1.05 bits per heavy atom. The molecule has 0 aliphatic carbocycles. The van der Waals surface area contributed by atoms with Gasteiger partial charge in [-0.2, -0.15) is 0 Å². The number of hydrogen-bond acceptors (Lipinski definition) is 1. The van der Waals surface area contributed by atoms with Crippen molar-refractivity contribution in [3.05, 3.63) is 71.4 Å². The SMILES string of the molecule is O=C1c2ccccc2C(c2c[nH]c3ccccc23)N1CCCl. The van der Waals surface area contributed by atoms with Crippen molar-refractivity contribution in [3.8, 4) is 0 Å². The van der Waals surface area contributed by atoms with Gasteiger partial charge in [0.2, 0.25) is 0 Å². The molecule has 1 N–H and O–H groups in total. The Morgan fingerprint density at radius 2 is 1.82 bits per heavy atom. The van der Waals surface area contributed by atoms with Crippen molar-refractivity contribution in [1.82, 2.24) is 9.88 Å². The summed E-state index contributed by atoms with van der Waals surface area (Å²) < 4.78 is 0. The molecule has 1 aromatic heterocycles. The smallest absolute Gasteiger partial charge is 0.255 e. The zero-order valence-electron chi connectivity index (χ0n) is 11.9. The third kappa shape index (κ3) is 1.86. The van der Waals surface area contributed by atoms with Crippen LogP contribution in [0.25, 0.3) is 10.9 Å². The molecular formula is C18H15ClN2O. The van der Waals surface area contributed by atoms with Crippen LogP contribution in [0, 0.1) is 0 Å². The quantitative estimate of drug-likeness (QED) is 0.731. The number of rotatable bonds is 3. The lowest BCUT2D eigenvalue weighted by Gasteiger charge is -2.24. The molecule has 110 valence electrons. The zero-order valence-corrected chi connectivity index (χ0v) is 12.7. The third-order valence-corrected chi connectivity index (χ3v) is 4.47. The number of alkyl halides is 1. The number of halogens is 1. The molecule has 4 rings (SSSR count). The second-order valence-electron chi connectivity index (χ2n) is 5.47. The summed E-state index contributed by atoms with van der Waals surface area (Å²) in [6.45, 7) is 0.541. The van der Waals surface area contributed by atoms with E-state index in [9.17, 15) is 4.79 Å². The number of H-pyrrole nitrogens is 1. The van der Waals surface area contributed by atoms with Crippen molar-refractivity contribution >= 4 is 28.4 Å². The molecule has 1 aliphatic rings. The van der Waals surface area contributed by atoms with Gasteiger partial charge in [0.15, 0.2) is 0 Å². The van der Waals surface area contributed by atoms with E-state index < -0.39 is 0 Å². The maximum absolute atomic E-state index is 12.7. The van der Waals surface area contributed by atoms with Crippen LogP contribution in [0.4, 0.5) is 0 Å². The van der Waals surface area contributed by atoms with Crippen molar-refractivity contribution in [3.63, 3.8) is 0 Å². The Kier molecular flexibility index (Phi) is 3.16. The Hall–Kier alpha value is -2.26. The maximum atomic E-state index is 12.7. The third-order valence-electron chi connectivity index (χ3n) is 4.30. The van der Waals surface area contributed by atoms with E-state index >= 15 is 0 Å². The maximum Gasteiger partial charge on any atom is 0.255 e. The monoisotopic (exact) mass is 310 g/mol. The van der Waals surface area contributed by atoms with E-state index in [4.69, 9.17) is 11.6 Å². The predicted molar refractivity (Wildman–Crippen MR) is 88.3 cm³/mol. The van der Waals surface area contributed by atoms with Crippen LogP contribution in [0.15, 0.2) is 54.7 Å². The van der Waals surface area contributed by atoms with Crippen LogP contribution >= 0.6 is 11.6 Å². The highest BCUT2D eigenvalue weighted by atomic mass is 35.5. The van der Waals surface area contributed by atoms with E-state index in [1.807, 2.05) is 53.6 Å². The predicted octanol–water partition coefficient (Wildman–Crippen LogP) is 3.95. The van der Waals surface area contributed by atoms with Gasteiger partial charge in [-0.05, 0) is 17.7 Å². The minimum absolute atomic E-state index is 0.0616. The first-order valence-corrected chi connectivity index (χ1v) is 7.86. The number of benzene rings is 2. The van der Waals surface area contributed by atoms with Gasteiger partial charge >= 0.3 is 0 Å². The van der Waals surface area contributed by atoms with Crippen molar-refractivity contribution in [2.45, 2.75) is 6.04 Å². The molecule has 0 saturated heterocycles. The number of nitrogens with one attached hydrogen (secondary N) is 1. The van der Waals surface area contributed by atoms with Crippen molar-refractivity contribution in [1.29, 1.82) is 0 Å². The Bertz CT molecular complexity index is 855. The molecule has 1 aliphatic heterocycles. The summed E-state index contributed by atoms with van der Waals surface area (Å²) in [6, 6.07) is 15.9. The lowest BCUT2D eigenvalue weighted by Crippen LogP contribution is -2.30. The minimum atomic E-state index is -0.0707. The highest BCUT2D eigenvalue weighted by Crippen LogP contribution is 2.40. The van der Waals surface area contributed by atoms with Crippen LogP contribution in [-0.4, -0.2) is 28.2 Å². The number of hydrogen-bond donors (Lipinski definition) is 1. The summed E-state index contributed by atoms with van der Waals surface area (Å²) in [5.74, 6) is 0.491. The summed E-state index contributed by atoms with van der Waals surface area (Å²) in [5, 5.41) is 1.15. The number of aromatic amines is 1. The largest absolute Gasteiger partial charge is 0.361 e. The minimum Gasteiger partial charge on any atom is -0.361 e. The van der Waals surface area contributed by atoms with Crippen LogP contribution in [0.1, 0.15) is 27.5 Å². The topological polar surface area (TPSA) is 36.1 Å². The summed E-state index contributed by atoms with van der Waals surface area (Å²) in [5.41, 5.74) is 4.05. The van der Waals surface area contributed by atoms with Crippen LogP contribution in [0.2, 0.25) is 0 Å². The molecule has 0 radical (unpaired) electrons. The molecule has 22 heavy (non-hydrogen) atoms. The van der Waals surface area contributed by atoms with E-state index in [0.29, 0.717) is 12.4 Å². The molecule has 3 aromatic rings. The molecule has 1 amide bonds. The Balaban J connectivity index is 1.93. The van der Waals surface area contributed by atoms with Gasteiger partial charge in [-0.25, -0.2) is 0 Å². The fourth-order valence-corrected chi connectivity index (χ4v) is 3.53. The van der Waals surface area contributed by atoms with Crippen LogP contribution in [-0.2, 0) is 0 Å². The molecule has 0 saturated carbocycles. The number of carbonyl (C=O) groups excluding carboxylic acids is 1. The van der Waals surface area contributed by atoms with Crippen molar-refractivity contribution in [2.24, 2.45) is 0 Å². The van der Waals surface area contributed by atoms with Crippen molar-refractivity contribution < 1.29 is 4.79 Å². The average Bonchev–Trinajstić information content (AvgIpc) is 3.09. The molecular weight excluding hydrogens is 296 g/mol. The van der Waals surface area contributed by atoms with E-state index in [2.05, 4.69) is 11.1 Å². The summed E-state index contributed by atoms with van der Waals surface area (Å²) in [4.78, 5) is 17.9. The lowest BCUT2D eigenvalue weighted by atomic mass is 9.97. The second kappa shape index (κ2) is 5.18. The molecule has 3 nitrogen and oxygen atoms in total. The molecule has 0 spiro atoms. The van der Waals surface area contributed by atoms with Gasteiger partial charge in [-0.3, -0.25) is 4.79 Å². The fourth-order valence-electron chi connectivity index (χ4n) is 3.35. The fraction of sp³-hybridized carbons (Fsp3) is 0.167. The normalized spacial score (nSPS) is 17.2. The van der Waals surface area contributed by atoms with Gasteiger partial charge in [-0.15, -0.1) is 11.6 Å². The van der Waals surface area contributed by atoms with Gasteiger partial charge in [0.1, 0.15) is 0 Å². The molecule has 0 fully saturated rings. The zero-order chi connectivity index (χ0) is 15.1. The van der Waals surface area contributed by atoms with Crippen LogP contribution in [0.5, 0.6) is 0 Å². The van der Waals surface area contributed by atoms with Crippen molar-refractivity contribution in [2.75, 3.05) is 12.4 Å². The molecule has 2 aromatic carbocycles. The van der Waals surface area contributed by atoms with Gasteiger partial charge in [0.25, 0.3) is 5.91 Å². The number of para-hydroxylation sites is 1. The highest BCUT2D eigenvalue weighted by molar-refractivity contribution is 6.18. The van der Waals surface area contributed by atoms with E-state index in [-0.39, 0.29) is 11.9 Å². The molecule has 4 heteroatoms. The van der Waals surface area contributed by atoms with Gasteiger partial charge < -0.3 is 9.88 Å². The van der Waals surface area contributed by atoms with Gasteiger partial charge in [0.05, 0.1) is 6.04 Å². The van der Waals surface area contributed by atoms with E-state index in [1.54, 1.807) is 0 Å². The first-order valence-electron chi connectivity index (χ1n) is 7.33. The van der Waals surface area contributed by atoms with Gasteiger partial charge in [0, 0.05) is 40.7 Å². The Labute approximate surface area is 133 Å². The summed E-state index contributed by atoms with van der Waals surface area (Å²) in [6.07, 6.45) is 2.01. The number of carbonyl (C=O) groups is 1. The lowest BCUT2D eigenvalue weighted by molar-refractivity contribution is 0.0761. The Morgan fingerprint density at radius 3 is 2.68 bits per heavy atom. The average molecular weight is 311 g/mol. The number of aromatic nitrogens is 1. The summed E-state index contributed by atoms with van der Waals surface area (Å²) >= 11 is 5.93. The van der Waals surface area contributed by atoms with Crippen LogP contribution < -0.4 is 0 Å². The second-order valence-corrected chi connectivity index (χ2v) is 5.84.